The van der Waals surface area contributed by atoms with E-state index in [0.29, 0.717) is 18.2 Å². The van der Waals surface area contributed by atoms with Crippen LogP contribution in [0, 0.1) is 0 Å². The lowest BCUT2D eigenvalue weighted by molar-refractivity contribution is -0.0500. The number of pyridine rings is 1. The molecule has 0 bridgehead atoms. The van der Waals surface area contributed by atoms with Crippen molar-refractivity contribution in [2.75, 3.05) is 5.32 Å². The first-order chi connectivity index (χ1) is 10.2. The first-order valence-corrected chi connectivity index (χ1v) is 6.67. The number of hydrogen-bond acceptors (Lipinski definition) is 5. The Morgan fingerprint density at radius 2 is 2.10 bits per heavy atom. The maximum absolute atomic E-state index is 12.0. The number of aromatic nitrogens is 3. The van der Waals surface area contributed by atoms with Gasteiger partial charge in [-0.3, -0.25) is 4.98 Å². The van der Waals surface area contributed by atoms with Gasteiger partial charge in [0, 0.05) is 12.1 Å². The molecular formula is C14H14F2N4O. The number of anilines is 1. The molecule has 0 aliphatic heterocycles. The second-order valence-electron chi connectivity index (χ2n) is 4.79. The molecule has 110 valence electrons. The summed E-state index contributed by atoms with van der Waals surface area (Å²) in [7, 11) is 0. The molecule has 1 N–H and O–H groups in total. The fourth-order valence-electron chi connectivity index (χ4n) is 1.88. The molecule has 2 aromatic rings. The minimum Gasteiger partial charge on any atom is -0.433 e. The van der Waals surface area contributed by atoms with Gasteiger partial charge in [0.1, 0.15) is 17.4 Å². The Balaban J connectivity index is 1.58. The van der Waals surface area contributed by atoms with Gasteiger partial charge in [0.25, 0.3) is 0 Å². The van der Waals surface area contributed by atoms with Crippen LogP contribution in [0.2, 0.25) is 0 Å². The van der Waals surface area contributed by atoms with E-state index in [1.54, 1.807) is 18.3 Å². The molecule has 7 heteroatoms. The van der Waals surface area contributed by atoms with E-state index in [4.69, 9.17) is 0 Å². The molecular weight excluding hydrogens is 278 g/mol. The van der Waals surface area contributed by atoms with Gasteiger partial charge in [0.15, 0.2) is 0 Å². The summed E-state index contributed by atoms with van der Waals surface area (Å²) in [5.41, 5.74) is 0.711. The second-order valence-corrected chi connectivity index (χ2v) is 4.79. The number of nitrogens with zero attached hydrogens (tertiary/aromatic N) is 3. The highest BCUT2D eigenvalue weighted by Gasteiger charge is 2.26. The Hall–Kier alpha value is -2.31. The van der Waals surface area contributed by atoms with E-state index in [1.165, 1.54) is 12.3 Å². The molecule has 3 rings (SSSR count). The van der Waals surface area contributed by atoms with Gasteiger partial charge in [-0.25, -0.2) is 9.97 Å². The third-order valence-corrected chi connectivity index (χ3v) is 3.09. The highest BCUT2D eigenvalue weighted by atomic mass is 19.3. The first-order valence-electron chi connectivity index (χ1n) is 6.67. The van der Waals surface area contributed by atoms with Crippen LogP contribution in [0.15, 0.2) is 30.6 Å². The lowest BCUT2D eigenvalue weighted by atomic mass is 10.3. The van der Waals surface area contributed by atoms with Crippen LogP contribution in [0.1, 0.15) is 30.3 Å². The third-order valence-electron chi connectivity index (χ3n) is 3.09. The molecule has 2 aromatic heterocycles. The molecule has 0 amide bonds. The Morgan fingerprint density at radius 3 is 2.76 bits per heavy atom. The average Bonchev–Trinajstić information content (AvgIpc) is 3.31. The molecule has 21 heavy (non-hydrogen) atoms. The highest BCUT2D eigenvalue weighted by molar-refractivity contribution is 5.35. The number of halogens is 2. The van der Waals surface area contributed by atoms with E-state index >= 15 is 0 Å². The maximum Gasteiger partial charge on any atom is 0.387 e. The largest absolute Gasteiger partial charge is 0.433 e. The molecule has 5 nitrogen and oxygen atoms in total. The molecule has 1 saturated carbocycles. The van der Waals surface area contributed by atoms with Crippen LogP contribution >= 0.6 is 0 Å². The average molecular weight is 292 g/mol. The summed E-state index contributed by atoms with van der Waals surface area (Å²) in [6, 6.07) is 4.89. The van der Waals surface area contributed by atoms with Crippen molar-refractivity contribution in [3.8, 4) is 5.75 Å². The van der Waals surface area contributed by atoms with E-state index in [9.17, 15) is 8.78 Å². The first kappa shape index (κ1) is 13.7. The summed E-state index contributed by atoms with van der Waals surface area (Å²) >= 11 is 0. The Morgan fingerprint density at radius 1 is 1.24 bits per heavy atom. The number of nitrogens with one attached hydrogen (secondary N) is 1. The minimum atomic E-state index is -2.84. The molecule has 1 aliphatic carbocycles. The van der Waals surface area contributed by atoms with Gasteiger partial charge in [-0.2, -0.15) is 8.78 Å². The smallest absolute Gasteiger partial charge is 0.387 e. The zero-order chi connectivity index (χ0) is 14.7. The van der Waals surface area contributed by atoms with Crippen LogP contribution in [0.25, 0.3) is 0 Å². The zero-order valence-electron chi connectivity index (χ0n) is 11.2. The SMILES string of the molecule is FC(F)Oc1ccc(CNc2ccnc(C3CC3)n2)nc1. The van der Waals surface area contributed by atoms with Crippen LogP contribution in [0.5, 0.6) is 5.75 Å². The highest BCUT2D eigenvalue weighted by Crippen LogP contribution is 2.38. The molecule has 0 unspecified atom stereocenters. The van der Waals surface area contributed by atoms with Crippen molar-refractivity contribution in [3.63, 3.8) is 0 Å². The molecule has 2 heterocycles. The Kier molecular flexibility index (Phi) is 3.89. The van der Waals surface area contributed by atoms with Crippen LogP contribution < -0.4 is 10.1 Å². The van der Waals surface area contributed by atoms with Gasteiger partial charge in [-0.1, -0.05) is 0 Å². The molecule has 1 aliphatic rings. The fourth-order valence-corrected chi connectivity index (χ4v) is 1.88. The number of hydrogen-bond donors (Lipinski definition) is 1. The predicted molar refractivity (Wildman–Crippen MR) is 72.2 cm³/mol. The minimum absolute atomic E-state index is 0.0480. The fraction of sp³-hybridized carbons (Fsp3) is 0.357. The van der Waals surface area contributed by atoms with Crippen LogP contribution in [0.3, 0.4) is 0 Å². The van der Waals surface area contributed by atoms with Crippen molar-refractivity contribution >= 4 is 5.82 Å². The van der Waals surface area contributed by atoms with Gasteiger partial charge in [0.05, 0.1) is 18.4 Å². The van der Waals surface area contributed by atoms with E-state index in [0.717, 1.165) is 24.5 Å². The molecule has 0 saturated heterocycles. The summed E-state index contributed by atoms with van der Waals surface area (Å²) in [6.07, 6.45) is 5.31. The zero-order valence-corrected chi connectivity index (χ0v) is 11.2. The number of ether oxygens (including phenoxy) is 1. The molecule has 0 aromatic carbocycles. The van der Waals surface area contributed by atoms with E-state index in [-0.39, 0.29) is 5.75 Å². The summed E-state index contributed by atoms with van der Waals surface area (Å²) in [5.74, 6) is 2.15. The standard InChI is InChI=1S/C14H14F2N4O/c15-14(16)21-11-4-3-10(18-8-11)7-19-12-5-6-17-13(20-12)9-1-2-9/h3-6,8-9,14H,1-2,7H2,(H,17,19,20). The second kappa shape index (κ2) is 5.99. The van der Waals surface area contributed by atoms with Gasteiger partial charge < -0.3 is 10.1 Å². The lowest BCUT2D eigenvalue weighted by Gasteiger charge is -2.07. The number of alkyl halides is 2. The van der Waals surface area contributed by atoms with E-state index in [1.807, 2.05) is 0 Å². The van der Waals surface area contributed by atoms with Gasteiger partial charge in [-0.15, -0.1) is 0 Å². The van der Waals surface area contributed by atoms with Crippen molar-refractivity contribution in [1.29, 1.82) is 0 Å². The molecule has 0 radical (unpaired) electrons. The van der Waals surface area contributed by atoms with E-state index in [2.05, 4.69) is 25.0 Å². The summed E-state index contributed by atoms with van der Waals surface area (Å²) in [6.45, 7) is -2.38. The monoisotopic (exact) mass is 292 g/mol. The molecule has 0 spiro atoms. The topological polar surface area (TPSA) is 59.9 Å². The number of rotatable bonds is 6. The Labute approximate surface area is 120 Å². The van der Waals surface area contributed by atoms with Crippen molar-refractivity contribution in [2.24, 2.45) is 0 Å². The summed E-state index contributed by atoms with van der Waals surface area (Å²) in [5, 5.41) is 3.14. The van der Waals surface area contributed by atoms with Crippen molar-refractivity contribution in [1.82, 2.24) is 15.0 Å². The third kappa shape index (κ3) is 3.84. The van der Waals surface area contributed by atoms with Gasteiger partial charge in [0.2, 0.25) is 0 Å². The normalized spacial score (nSPS) is 14.2. The van der Waals surface area contributed by atoms with Crippen LogP contribution in [-0.4, -0.2) is 21.6 Å². The summed E-state index contributed by atoms with van der Waals surface area (Å²) < 4.78 is 28.3. The molecule has 1 fully saturated rings. The van der Waals surface area contributed by atoms with Gasteiger partial charge in [-0.05, 0) is 31.0 Å². The van der Waals surface area contributed by atoms with Crippen molar-refractivity contribution < 1.29 is 13.5 Å². The van der Waals surface area contributed by atoms with Gasteiger partial charge >= 0.3 is 6.61 Å². The van der Waals surface area contributed by atoms with Crippen LogP contribution in [0.4, 0.5) is 14.6 Å². The van der Waals surface area contributed by atoms with Crippen LogP contribution in [-0.2, 0) is 6.54 Å². The quantitative estimate of drug-likeness (QED) is 0.887. The summed E-state index contributed by atoms with van der Waals surface area (Å²) in [4.78, 5) is 12.7. The lowest BCUT2D eigenvalue weighted by Crippen LogP contribution is -2.06. The molecule has 0 atom stereocenters. The maximum atomic E-state index is 12.0. The van der Waals surface area contributed by atoms with Crippen molar-refractivity contribution in [3.05, 3.63) is 42.1 Å². The van der Waals surface area contributed by atoms with E-state index < -0.39 is 6.61 Å². The predicted octanol–water partition coefficient (Wildman–Crippen LogP) is 2.96. The van der Waals surface area contributed by atoms with Crippen molar-refractivity contribution in [2.45, 2.75) is 31.9 Å². The Bertz CT molecular complexity index is 602.